The highest BCUT2D eigenvalue weighted by molar-refractivity contribution is 5.28. The van der Waals surface area contributed by atoms with Gasteiger partial charge in [0.05, 0.1) is 31.0 Å². The molecule has 6 rings (SSSR count). The number of aliphatic hydroxyl groups is 3. The molecule has 2 saturated heterocycles. The summed E-state index contributed by atoms with van der Waals surface area (Å²) < 4.78 is 13.1. The summed E-state index contributed by atoms with van der Waals surface area (Å²) in [6.07, 6.45) is 7.65. The zero-order valence-electron chi connectivity index (χ0n) is 20.2. The van der Waals surface area contributed by atoms with Crippen LogP contribution in [0.5, 0.6) is 0 Å². The first-order valence-corrected chi connectivity index (χ1v) is 13.2. The molecule has 3 saturated carbocycles. The van der Waals surface area contributed by atoms with E-state index >= 15 is 0 Å². The SMILES string of the molecule is CC1COC2(CC1O)OC1CC3C4CC=C5CC(O)CC(O)C5(C)C4CCC3(C)C1C2C. The molecule has 0 radical (unpaired) electrons. The predicted octanol–water partition coefficient (Wildman–Crippen LogP) is 3.66. The van der Waals surface area contributed by atoms with Gasteiger partial charge >= 0.3 is 0 Å². The molecule has 2 aliphatic heterocycles. The first kappa shape index (κ1) is 22.0. The minimum atomic E-state index is -0.618. The van der Waals surface area contributed by atoms with E-state index in [1.54, 1.807) is 0 Å². The zero-order chi connectivity index (χ0) is 22.6. The summed E-state index contributed by atoms with van der Waals surface area (Å²) in [4.78, 5) is 0. The second-order valence-corrected chi connectivity index (χ2v) is 12.9. The second kappa shape index (κ2) is 7.04. The average Bonchev–Trinajstić information content (AvgIpc) is 3.17. The number of allylic oxidation sites excluding steroid dienone is 1. The molecule has 3 N–H and O–H groups in total. The first-order chi connectivity index (χ1) is 15.1. The standard InChI is InChI=1S/C27H42O5/c1-14-13-31-27(12-21(14)29)15(2)24-22(32-27)11-20-18-6-5-16-9-17(28)10-23(30)26(16,4)19(18)7-8-25(20,24)3/h5,14-15,17-24,28-30H,6-13H2,1-4H3. The van der Waals surface area contributed by atoms with Crippen LogP contribution in [0.15, 0.2) is 11.6 Å². The van der Waals surface area contributed by atoms with Crippen molar-refractivity contribution < 1.29 is 24.8 Å². The molecular formula is C27H42O5. The average molecular weight is 447 g/mol. The van der Waals surface area contributed by atoms with Crippen molar-refractivity contribution in [2.24, 2.45) is 46.3 Å². The minimum absolute atomic E-state index is 0.167. The smallest absolute Gasteiger partial charge is 0.174 e. The maximum Gasteiger partial charge on any atom is 0.174 e. The van der Waals surface area contributed by atoms with Crippen LogP contribution in [-0.2, 0) is 9.47 Å². The Balaban J connectivity index is 1.29. The lowest BCUT2D eigenvalue weighted by Gasteiger charge is -2.59. The van der Waals surface area contributed by atoms with E-state index in [0.29, 0.717) is 43.1 Å². The molecule has 1 spiro atoms. The summed E-state index contributed by atoms with van der Waals surface area (Å²) in [7, 11) is 0. The van der Waals surface area contributed by atoms with Crippen LogP contribution in [0.3, 0.4) is 0 Å². The third kappa shape index (κ3) is 2.69. The topological polar surface area (TPSA) is 79.2 Å². The molecule has 32 heavy (non-hydrogen) atoms. The zero-order valence-corrected chi connectivity index (χ0v) is 20.2. The molecule has 5 nitrogen and oxygen atoms in total. The lowest BCUT2D eigenvalue weighted by atomic mass is 9.46. The van der Waals surface area contributed by atoms with Crippen LogP contribution < -0.4 is 0 Å². The van der Waals surface area contributed by atoms with Gasteiger partial charge in [0, 0.05) is 30.1 Å². The van der Waals surface area contributed by atoms with E-state index in [1.807, 2.05) is 0 Å². The van der Waals surface area contributed by atoms with Gasteiger partial charge in [-0.2, -0.15) is 0 Å². The molecule has 13 atom stereocenters. The normalized spacial score (nSPS) is 61.5. The molecule has 0 aromatic heterocycles. The molecule has 5 heteroatoms. The van der Waals surface area contributed by atoms with Crippen LogP contribution in [0.4, 0.5) is 0 Å². The van der Waals surface area contributed by atoms with Crippen LogP contribution >= 0.6 is 0 Å². The van der Waals surface area contributed by atoms with Gasteiger partial charge in [-0.25, -0.2) is 0 Å². The molecule has 13 unspecified atom stereocenters. The van der Waals surface area contributed by atoms with E-state index in [9.17, 15) is 15.3 Å². The van der Waals surface area contributed by atoms with Crippen LogP contribution in [0, 0.1) is 46.3 Å². The van der Waals surface area contributed by atoms with Crippen molar-refractivity contribution in [3.05, 3.63) is 11.6 Å². The Labute approximate surface area is 192 Å². The van der Waals surface area contributed by atoms with E-state index in [1.165, 1.54) is 12.0 Å². The maximum absolute atomic E-state index is 11.1. The Bertz CT molecular complexity index is 812. The molecule has 0 aromatic rings. The molecule has 2 heterocycles. The van der Waals surface area contributed by atoms with Crippen molar-refractivity contribution in [1.82, 2.24) is 0 Å². The number of fused-ring (bicyclic) bond motifs is 7. The number of hydrogen-bond acceptors (Lipinski definition) is 5. The molecule has 6 aliphatic rings. The number of ether oxygens (including phenoxy) is 2. The van der Waals surface area contributed by atoms with Gasteiger partial charge in [-0.05, 0) is 61.2 Å². The van der Waals surface area contributed by atoms with E-state index in [2.05, 4.69) is 33.8 Å². The molecule has 0 bridgehead atoms. The molecule has 0 amide bonds. The number of aliphatic hydroxyl groups excluding tert-OH is 3. The Morgan fingerprint density at radius 3 is 2.59 bits per heavy atom. The van der Waals surface area contributed by atoms with Crippen molar-refractivity contribution in [2.75, 3.05) is 6.61 Å². The summed E-state index contributed by atoms with van der Waals surface area (Å²) in [5, 5.41) is 32.0. The molecule has 0 aromatic carbocycles. The largest absolute Gasteiger partial charge is 0.393 e. The highest BCUT2D eigenvalue weighted by atomic mass is 16.7. The van der Waals surface area contributed by atoms with Gasteiger partial charge in [0.2, 0.25) is 0 Å². The summed E-state index contributed by atoms with van der Waals surface area (Å²) >= 11 is 0. The number of rotatable bonds is 0. The van der Waals surface area contributed by atoms with E-state index in [-0.39, 0.29) is 34.9 Å². The summed E-state index contributed by atoms with van der Waals surface area (Å²) in [6.45, 7) is 9.71. The van der Waals surface area contributed by atoms with Gasteiger partial charge in [0.1, 0.15) is 0 Å². The number of hydrogen-bond donors (Lipinski definition) is 3. The van der Waals surface area contributed by atoms with Gasteiger partial charge < -0.3 is 24.8 Å². The monoisotopic (exact) mass is 446 g/mol. The Hall–Kier alpha value is -0.460. The highest BCUT2D eigenvalue weighted by Crippen LogP contribution is 2.70. The fourth-order valence-corrected chi connectivity index (χ4v) is 9.71. The van der Waals surface area contributed by atoms with Crippen LogP contribution in [0.2, 0.25) is 0 Å². The molecule has 180 valence electrons. The van der Waals surface area contributed by atoms with Crippen molar-refractivity contribution in [3.8, 4) is 0 Å². The van der Waals surface area contributed by atoms with Crippen molar-refractivity contribution in [2.45, 2.75) is 103 Å². The van der Waals surface area contributed by atoms with Crippen molar-refractivity contribution in [3.63, 3.8) is 0 Å². The second-order valence-electron chi connectivity index (χ2n) is 12.9. The molecular weight excluding hydrogens is 404 g/mol. The van der Waals surface area contributed by atoms with E-state index in [4.69, 9.17) is 9.47 Å². The minimum Gasteiger partial charge on any atom is -0.393 e. The van der Waals surface area contributed by atoms with E-state index in [0.717, 1.165) is 25.7 Å². The van der Waals surface area contributed by atoms with Crippen molar-refractivity contribution in [1.29, 1.82) is 0 Å². The fraction of sp³-hybridized carbons (Fsp3) is 0.926. The molecule has 5 fully saturated rings. The van der Waals surface area contributed by atoms with Gasteiger partial charge in [0.25, 0.3) is 0 Å². The summed E-state index contributed by atoms with van der Waals surface area (Å²) in [6, 6.07) is 0. The van der Waals surface area contributed by atoms with Gasteiger partial charge in [-0.1, -0.05) is 39.3 Å². The van der Waals surface area contributed by atoms with Gasteiger partial charge in [0.15, 0.2) is 5.79 Å². The summed E-state index contributed by atoms with van der Waals surface area (Å²) in [5.74, 6) is 1.94. The van der Waals surface area contributed by atoms with E-state index < -0.39 is 18.0 Å². The van der Waals surface area contributed by atoms with Gasteiger partial charge in [-0.3, -0.25) is 0 Å². The van der Waals surface area contributed by atoms with Crippen LogP contribution in [0.1, 0.15) is 72.6 Å². The lowest BCUT2D eigenvalue weighted by molar-refractivity contribution is -0.290. The third-order valence-corrected chi connectivity index (χ3v) is 11.6. The fourth-order valence-electron chi connectivity index (χ4n) is 9.71. The Kier molecular flexibility index (Phi) is 4.84. The maximum atomic E-state index is 11.1. The van der Waals surface area contributed by atoms with Crippen LogP contribution in [0.25, 0.3) is 0 Å². The quantitative estimate of drug-likeness (QED) is 0.495. The summed E-state index contributed by atoms with van der Waals surface area (Å²) in [5.41, 5.74) is 1.32. The Morgan fingerprint density at radius 1 is 1.06 bits per heavy atom. The van der Waals surface area contributed by atoms with Crippen molar-refractivity contribution >= 4 is 0 Å². The van der Waals surface area contributed by atoms with Crippen LogP contribution in [-0.4, -0.2) is 52.1 Å². The molecule has 4 aliphatic carbocycles. The van der Waals surface area contributed by atoms with Gasteiger partial charge in [-0.15, -0.1) is 0 Å². The lowest BCUT2D eigenvalue weighted by Crippen LogP contribution is -2.56. The predicted molar refractivity (Wildman–Crippen MR) is 120 cm³/mol. The first-order valence-electron chi connectivity index (χ1n) is 13.2. The Morgan fingerprint density at radius 2 is 1.84 bits per heavy atom. The highest BCUT2D eigenvalue weighted by Gasteiger charge is 2.69. The third-order valence-electron chi connectivity index (χ3n) is 11.6.